The number of hydrogen-bond acceptors (Lipinski definition) is 3. The van der Waals surface area contributed by atoms with Gasteiger partial charge in [0.05, 0.1) is 5.75 Å². The Hall–Kier alpha value is -0.520. The average molecular weight is 289 g/mol. The van der Waals surface area contributed by atoms with Gasteiger partial charge in [0.15, 0.2) is 0 Å². The molecule has 0 fully saturated rings. The Morgan fingerprint density at radius 3 is 2.67 bits per heavy atom. The average Bonchev–Trinajstić information content (AvgIpc) is 2.22. The van der Waals surface area contributed by atoms with Gasteiger partial charge in [-0.15, -0.1) is 0 Å². The topological polar surface area (TPSA) is 55.1 Å². The fraction of sp³-hybridized carbons (Fsp3) is 0.300. The molecule has 0 bridgehead atoms. The highest BCUT2D eigenvalue weighted by molar-refractivity contribution is 9.10. The molecule has 1 rings (SSSR count). The summed E-state index contributed by atoms with van der Waals surface area (Å²) in [6.07, 6.45) is 0. The van der Waals surface area contributed by atoms with E-state index in [-0.39, 0.29) is 5.91 Å². The van der Waals surface area contributed by atoms with Crippen molar-refractivity contribution in [2.24, 2.45) is 5.73 Å². The number of halogens is 1. The molecule has 1 amide bonds. The van der Waals surface area contributed by atoms with Crippen molar-refractivity contribution in [3.63, 3.8) is 0 Å². The van der Waals surface area contributed by atoms with Crippen LogP contribution in [0.3, 0.4) is 0 Å². The van der Waals surface area contributed by atoms with Crippen LogP contribution < -0.4 is 11.1 Å². The van der Waals surface area contributed by atoms with E-state index in [1.165, 1.54) is 11.8 Å². The maximum absolute atomic E-state index is 11.4. The minimum atomic E-state index is 0.00997. The first-order valence-corrected chi connectivity index (χ1v) is 6.50. The minimum absolute atomic E-state index is 0.00997. The molecule has 0 radical (unpaired) electrons. The summed E-state index contributed by atoms with van der Waals surface area (Å²) in [5.41, 5.74) is 6.14. The third-order valence-electron chi connectivity index (χ3n) is 1.62. The summed E-state index contributed by atoms with van der Waals surface area (Å²) < 4.78 is 0.998. The summed E-state index contributed by atoms with van der Waals surface area (Å²) in [6, 6.07) is 7.50. The number of carbonyl (C=O) groups excluding carboxylic acids is 1. The monoisotopic (exact) mass is 288 g/mol. The van der Waals surface area contributed by atoms with Crippen LogP contribution in [-0.4, -0.2) is 24.0 Å². The number of nitrogens with one attached hydrogen (secondary N) is 1. The van der Waals surface area contributed by atoms with E-state index in [9.17, 15) is 4.79 Å². The predicted octanol–water partition coefficient (Wildman–Crippen LogP) is 2.08. The van der Waals surface area contributed by atoms with Gasteiger partial charge in [0.25, 0.3) is 0 Å². The van der Waals surface area contributed by atoms with Gasteiger partial charge in [-0.05, 0) is 24.3 Å². The summed E-state index contributed by atoms with van der Waals surface area (Å²) >= 11 is 4.87. The highest BCUT2D eigenvalue weighted by Crippen LogP contribution is 2.14. The van der Waals surface area contributed by atoms with Crippen molar-refractivity contribution in [3.05, 3.63) is 28.7 Å². The lowest BCUT2D eigenvalue weighted by Gasteiger charge is -2.04. The van der Waals surface area contributed by atoms with Gasteiger partial charge < -0.3 is 11.1 Å². The van der Waals surface area contributed by atoms with Crippen molar-refractivity contribution in [1.29, 1.82) is 0 Å². The largest absolute Gasteiger partial charge is 0.330 e. The lowest BCUT2D eigenvalue weighted by atomic mass is 10.3. The molecule has 0 aliphatic carbocycles. The van der Waals surface area contributed by atoms with E-state index in [1.54, 1.807) is 0 Å². The molecule has 0 aliphatic rings. The van der Waals surface area contributed by atoms with Crippen molar-refractivity contribution < 1.29 is 4.79 Å². The quantitative estimate of drug-likeness (QED) is 0.816. The number of hydrogen-bond donors (Lipinski definition) is 2. The molecule has 1 aromatic rings. The molecular weight excluding hydrogens is 276 g/mol. The Labute approximate surface area is 102 Å². The van der Waals surface area contributed by atoms with Crippen LogP contribution in [0, 0.1) is 0 Å². The number of benzene rings is 1. The zero-order chi connectivity index (χ0) is 11.1. The van der Waals surface area contributed by atoms with Crippen LogP contribution in [0.2, 0.25) is 0 Å². The molecule has 0 aromatic heterocycles. The van der Waals surface area contributed by atoms with E-state index in [0.717, 1.165) is 15.9 Å². The summed E-state index contributed by atoms with van der Waals surface area (Å²) in [4.78, 5) is 11.4. The van der Waals surface area contributed by atoms with Crippen LogP contribution >= 0.6 is 27.7 Å². The van der Waals surface area contributed by atoms with Crippen LogP contribution in [-0.2, 0) is 4.79 Å². The summed E-state index contributed by atoms with van der Waals surface area (Å²) in [5.74, 6) is 1.27. The number of carbonyl (C=O) groups is 1. The third-order valence-corrected chi connectivity index (χ3v) is 3.14. The second-order valence-electron chi connectivity index (χ2n) is 2.90. The molecule has 5 heteroatoms. The third kappa shape index (κ3) is 5.20. The Morgan fingerprint density at radius 2 is 2.07 bits per heavy atom. The lowest BCUT2D eigenvalue weighted by Crippen LogP contribution is -2.15. The fourth-order valence-electron chi connectivity index (χ4n) is 0.978. The van der Waals surface area contributed by atoms with Gasteiger partial charge in [0, 0.05) is 22.5 Å². The van der Waals surface area contributed by atoms with Gasteiger partial charge in [0.1, 0.15) is 0 Å². The number of rotatable bonds is 5. The molecule has 0 spiro atoms. The normalized spacial score (nSPS) is 10.0. The predicted molar refractivity (Wildman–Crippen MR) is 69.2 cm³/mol. The Bertz CT molecular complexity index is 316. The van der Waals surface area contributed by atoms with Crippen LogP contribution in [0.5, 0.6) is 0 Å². The van der Waals surface area contributed by atoms with Gasteiger partial charge >= 0.3 is 0 Å². The van der Waals surface area contributed by atoms with E-state index in [4.69, 9.17) is 5.73 Å². The van der Waals surface area contributed by atoms with Gasteiger partial charge in [-0.25, -0.2) is 0 Å². The standard InChI is InChI=1S/C10H13BrN2OS/c11-8-1-3-9(4-2-8)13-10(14)7-15-6-5-12/h1-4H,5-7,12H2,(H,13,14). The van der Waals surface area contributed by atoms with Crippen molar-refractivity contribution in [3.8, 4) is 0 Å². The fourth-order valence-corrected chi connectivity index (χ4v) is 1.81. The highest BCUT2D eigenvalue weighted by atomic mass is 79.9. The van der Waals surface area contributed by atoms with Gasteiger partial charge in [-0.3, -0.25) is 4.79 Å². The van der Waals surface area contributed by atoms with Crippen molar-refractivity contribution in [2.45, 2.75) is 0 Å². The summed E-state index contributed by atoms with van der Waals surface area (Å²) in [6.45, 7) is 0.607. The van der Waals surface area contributed by atoms with E-state index in [2.05, 4.69) is 21.2 Å². The number of nitrogens with two attached hydrogens (primary N) is 1. The maximum atomic E-state index is 11.4. The highest BCUT2D eigenvalue weighted by Gasteiger charge is 2.01. The van der Waals surface area contributed by atoms with Crippen LogP contribution in [0.1, 0.15) is 0 Å². The summed E-state index contributed by atoms with van der Waals surface area (Å²) in [5, 5.41) is 2.81. The molecule has 0 atom stereocenters. The smallest absolute Gasteiger partial charge is 0.234 e. The molecule has 0 aliphatic heterocycles. The molecule has 15 heavy (non-hydrogen) atoms. The van der Waals surface area contributed by atoms with E-state index < -0.39 is 0 Å². The van der Waals surface area contributed by atoms with Crippen LogP contribution in [0.4, 0.5) is 5.69 Å². The molecule has 3 N–H and O–H groups in total. The number of amides is 1. The molecule has 3 nitrogen and oxygen atoms in total. The second-order valence-corrected chi connectivity index (χ2v) is 4.92. The first kappa shape index (κ1) is 12.5. The molecule has 82 valence electrons. The lowest BCUT2D eigenvalue weighted by molar-refractivity contribution is -0.113. The van der Waals surface area contributed by atoms with E-state index >= 15 is 0 Å². The van der Waals surface area contributed by atoms with Gasteiger partial charge in [0.2, 0.25) is 5.91 Å². The molecular formula is C10H13BrN2OS. The first-order valence-electron chi connectivity index (χ1n) is 4.55. The Kier molecular flexibility index (Phi) is 5.75. The molecule has 0 unspecified atom stereocenters. The SMILES string of the molecule is NCCSCC(=O)Nc1ccc(Br)cc1. The van der Waals surface area contributed by atoms with E-state index in [0.29, 0.717) is 12.3 Å². The second kappa shape index (κ2) is 6.87. The first-order chi connectivity index (χ1) is 7.22. The summed E-state index contributed by atoms with van der Waals surface area (Å²) in [7, 11) is 0. The Morgan fingerprint density at radius 1 is 1.40 bits per heavy atom. The molecule has 0 heterocycles. The number of thioether (sulfide) groups is 1. The van der Waals surface area contributed by atoms with Gasteiger partial charge in [-0.1, -0.05) is 15.9 Å². The van der Waals surface area contributed by atoms with Crippen molar-refractivity contribution >= 4 is 39.3 Å². The van der Waals surface area contributed by atoms with Crippen molar-refractivity contribution in [2.75, 3.05) is 23.4 Å². The van der Waals surface area contributed by atoms with Crippen molar-refractivity contribution in [1.82, 2.24) is 0 Å². The Balaban J connectivity index is 2.34. The minimum Gasteiger partial charge on any atom is -0.330 e. The molecule has 0 saturated heterocycles. The zero-order valence-electron chi connectivity index (χ0n) is 8.20. The number of anilines is 1. The van der Waals surface area contributed by atoms with Crippen LogP contribution in [0.15, 0.2) is 28.7 Å². The molecule has 0 saturated carbocycles. The zero-order valence-corrected chi connectivity index (χ0v) is 10.6. The molecule has 1 aromatic carbocycles. The maximum Gasteiger partial charge on any atom is 0.234 e. The van der Waals surface area contributed by atoms with Crippen LogP contribution in [0.25, 0.3) is 0 Å². The van der Waals surface area contributed by atoms with Gasteiger partial charge in [-0.2, -0.15) is 11.8 Å². The van der Waals surface area contributed by atoms with E-state index in [1.807, 2.05) is 24.3 Å².